The van der Waals surface area contributed by atoms with Gasteiger partial charge in [-0.1, -0.05) is 0 Å². The molecule has 0 saturated carbocycles. The maximum atomic E-state index is 12.3. The Balaban J connectivity index is 2.14. The second-order valence-corrected chi connectivity index (χ2v) is 4.54. The monoisotopic (exact) mass is 234 g/mol. The molecule has 1 aliphatic rings. The summed E-state index contributed by atoms with van der Waals surface area (Å²) in [4.78, 5) is 20.3. The molecule has 17 heavy (non-hydrogen) atoms. The number of nitrogens with two attached hydrogens (primary N) is 1. The number of carbonyl (C=O) groups is 1. The Bertz CT molecular complexity index is 421. The van der Waals surface area contributed by atoms with E-state index in [2.05, 4.69) is 23.9 Å². The van der Waals surface area contributed by atoms with E-state index in [1.165, 1.54) is 0 Å². The summed E-state index contributed by atoms with van der Waals surface area (Å²) in [6.45, 7) is 4.50. The maximum absolute atomic E-state index is 12.3. The Morgan fingerprint density at radius 2 is 2.29 bits per heavy atom. The molecule has 92 valence electrons. The molecule has 0 spiro atoms. The van der Waals surface area contributed by atoms with Crippen molar-refractivity contribution in [3.05, 3.63) is 24.0 Å². The van der Waals surface area contributed by atoms with Gasteiger partial charge in [-0.25, -0.2) is 0 Å². The van der Waals surface area contributed by atoms with Crippen LogP contribution in [0.15, 0.2) is 18.5 Å². The van der Waals surface area contributed by atoms with E-state index in [0.29, 0.717) is 17.3 Å². The minimum Gasteiger partial charge on any atom is -0.398 e. The zero-order valence-corrected chi connectivity index (χ0v) is 10.3. The van der Waals surface area contributed by atoms with Crippen LogP contribution in [0, 0.1) is 0 Å². The van der Waals surface area contributed by atoms with Crippen LogP contribution in [0.25, 0.3) is 0 Å². The van der Waals surface area contributed by atoms with Crippen LogP contribution in [0.3, 0.4) is 0 Å². The molecule has 0 aliphatic carbocycles. The molecular weight excluding hydrogens is 216 g/mol. The summed E-state index contributed by atoms with van der Waals surface area (Å²) in [5, 5.41) is 0. The zero-order chi connectivity index (χ0) is 12.4. The Labute approximate surface area is 101 Å². The topological polar surface area (TPSA) is 62.5 Å². The molecule has 1 amide bonds. The minimum absolute atomic E-state index is 0.0180. The second kappa shape index (κ2) is 4.71. The van der Waals surface area contributed by atoms with Gasteiger partial charge in [-0.05, 0) is 20.0 Å². The predicted octanol–water partition coefficient (Wildman–Crippen LogP) is 0.440. The lowest BCUT2D eigenvalue weighted by Gasteiger charge is -2.37. The molecule has 2 heterocycles. The number of nitrogens with zero attached hydrogens (tertiary/aromatic N) is 3. The normalized spacial score (nSPS) is 21.5. The summed E-state index contributed by atoms with van der Waals surface area (Å²) in [7, 11) is 2.07. The number of hydrogen-bond donors (Lipinski definition) is 1. The number of nitrogen functional groups attached to an aromatic ring is 1. The van der Waals surface area contributed by atoms with Gasteiger partial charge in [-0.3, -0.25) is 9.78 Å². The van der Waals surface area contributed by atoms with Gasteiger partial charge in [-0.2, -0.15) is 0 Å². The number of likely N-dealkylation sites (N-methyl/N-ethyl adjacent to an activating group) is 1. The summed E-state index contributed by atoms with van der Waals surface area (Å²) >= 11 is 0. The fraction of sp³-hybridized carbons (Fsp3) is 0.500. The van der Waals surface area contributed by atoms with E-state index in [0.717, 1.165) is 19.6 Å². The van der Waals surface area contributed by atoms with Crippen molar-refractivity contribution in [3.63, 3.8) is 0 Å². The fourth-order valence-electron chi connectivity index (χ4n) is 1.99. The Morgan fingerprint density at radius 3 is 2.94 bits per heavy atom. The molecule has 1 atom stereocenters. The van der Waals surface area contributed by atoms with E-state index in [4.69, 9.17) is 5.73 Å². The molecule has 1 aromatic rings. The van der Waals surface area contributed by atoms with Gasteiger partial charge in [0, 0.05) is 43.8 Å². The van der Waals surface area contributed by atoms with E-state index in [9.17, 15) is 4.79 Å². The third-order valence-electron chi connectivity index (χ3n) is 3.33. The first kappa shape index (κ1) is 11.9. The highest BCUT2D eigenvalue weighted by Gasteiger charge is 2.25. The lowest BCUT2D eigenvalue weighted by Crippen LogP contribution is -2.52. The van der Waals surface area contributed by atoms with Crippen molar-refractivity contribution < 1.29 is 4.79 Å². The summed E-state index contributed by atoms with van der Waals surface area (Å²) in [5.74, 6) is -0.0180. The van der Waals surface area contributed by atoms with Crippen molar-refractivity contribution in [2.24, 2.45) is 0 Å². The van der Waals surface area contributed by atoms with E-state index in [-0.39, 0.29) is 5.91 Å². The van der Waals surface area contributed by atoms with E-state index < -0.39 is 0 Å². The number of aromatic nitrogens is 1. The van der Waals surface area contributed by atoms with Crippen LogP contribution in [0.1, 0.15) is 17.3 Å². The zero-order valence-electron chi connectivity index (χ0n) is 10.3. The average molecular weight is 234 g/mol. The van der Waals surface area contributed by atoms with Gasteiger partial charge in [0.25, 0.3) is 5.91 Å². The Morgan fingerprint density at radius 1 is 1.53 bits per heavy atom. The van der Waals surface area contributed by atoms with Crippen molar-refractivity contribution >= 4 is 11.6 Å². The van der Waals surface area contributed by atoms with Gasteiger partial charge in [-0.15, -0.1) is 0 Å². The van der Waals surface area contributed by atoms with Crippen LogP contribution >= 0.6 is 0 Å². The summed E-state index contributed by atoms with van der Waals surface area (Å²) in [6.07, 6.45) is 3.14. The largest absolute Gasteiger partial charge is 0.398 e. The third-order valence-corrected chi connectivity index (χ3v) is 3.33. The molecule has 2 N–H and O–H groups in total. The number of piperazine rings is 1. The first-order valence-corrected chi connectivity index (χ1v) is 5.78. The highest BCUT2D eigenvalue weighted by atomic mass is 16.2. The van der Waals surface area contributed by atoms with Crippen LogP contribution in [-0.4, -0.2) is 53.4 Å². The standard InChI is InChI=1S/C12H18N4O/c1-9-8-16(6-5-15(9)2)12(17)10-7-14-4-3-11(10)13/h3-4,7,9H,5-6,8H2,1-2H3,(H2,13,14). The first-order chi connectivity index (χ1) is 8.09. The minimum atomic E-state index is -0.0180. The average Bonchev–Trinajstić information content (AvgIpc) is 2.32. The van der Waals surface area contributed by atoms with Crippen molar-refractivity contribution in [1.29, 1.82) is 0 Å². The molecule has 5 heteroatoms. The fourth-order valence-corrected chi connectivity index (χ4v) is 1.99. The molecule has 0 radical (unpaired) electrons. The van der Waals surface area contributed by atoms with Crippen LogP contribution in [0.5, 0.6) is 0 Å². The lowest BCUT2D eigenvalue weighted by molar-refractivity contribution is 0.0573. The molecule has 1 saturated heterocycles. The predicted molar refractivity (Wildman–Crippen MR) is 66.6 cm³/mol. The number of hydrogen-bond acceptors (Lipinski definition) is 4. The van der Waals surface area contributed by atoms with Gasteiger partial charge in [0.2, 0.25) is 0 Å². The van der Waals surface area contributed by atoms with E-state index in [1.807, 2.05) is 4.90 Å². The van der Waals surface area contributed by atoms with Gasteiger partial charge in [0.05, 0.1) is 5.56 Å². The van der Waals surface area contributed by atoms with Crippen LogP contribution < -0.4 is 5.73 Å². The van der Waals surface area contributed by atoms with Gasteiger partial charge in [0.15, 0.2) is 0 Å². The molecule has 5 nitrogen and oxygen atoms in total. The third kappa shape index (κ3) is 2.39. The van der Waals surface area contributed by atoms with Crippen molar-refractivity contribution in [3.8, 4) is 0 Å². The van der Waals surface area contributed by atoms with Gasteiger partial charge in [0.1, 0.15) is 0 Å². The summed E-state index contributed by atoms with van der Waals surface area (Å²) in [5.41, 5.74) is 6.79. The summed E-state index contributed by atoms with van der Waals surface area (Å²) < 4.78 is 0. The first-order valence-electron chi connectivity index (χ1n) is 5.78. The molecule has 1 aliphatic heterocycles. The quantitative estimate of drug-likeness (QED) is 0.766. The molecule has 0 aromatic carbocycles. The van der Waals surface area contributed by atoms with E-state index >= 15 is 0 Å². The van der Waals surface area contributed by atoms with Crippen LogP contribution in [0.2, 0.25) is 0 Å². The Hall–Kier alpha value is -1.62. The maximum Gasteiger partial charge on any atom is 0.257 e. The smallest absolute Gasteiger partial charge is 0.257 e. The van der Waals surface area contributed by atoms with Gasteiger partial charge >= 0.3 is 0 Å². The van der Waals surface area contributed by atoms with Crippen molar-refractivity contribution in [2.75, 3.05) is 32.4 Å². The van der Waals surface area contributed by atoms with Crippen LogP contribution in [-0.2, 0) is 0 Å². The van der Waals surface area contributed by atoms with Crippen LogP contribution in [0.4, 0.5) is 5.69 Å². The van der Waals surface area contributed by atoms with Crippen molar-refractivity contribution in [2.45, 2.75) is 13.0 Å². The highest BCUT2D eigenvalue weighted by Crippen LogP contribution is 2.15. The summed E-state index contributed by atoms with van der Waals surface area (Å²) in [6, 6.07) is 2.04. The Kier molecular flexibility index (Phi) is 3.28. The number of rotatable bonds is 1. The molecule has 0 bridgehead atoms. The SMILES string of the molecule is CC1CN(C(=O)c2cnccc2N)CCN1C. The molecule has 1 unspecified atom stereocenters. The second-order valence-electron chi connectivity index (χ2n) is 4.54. The molecule has 1 aromatic heterocycles. The number of anilines is 1. The van der Waals surface area contributed by atoms with Crippen molar-refractivity contribution in [1.82, 2.24) is 14.8 Å². The number of carbonyl (C=O) groups excluding carboxylic acids is 1. The molecular formula is C12H18N4O. The molecule has 2 rings (SSSR count). The molecule has 1 fully saturated rings. The lowest BCUT2D eigenvalue weighted by atomic mass is 10.1. The number of amides is 1. The van der Waals surface area contributed by atoms with E-state index in [1.54, 1.807) is 18.5 Å². The number of pyridine rings is 1. The van der Waals surface area contributed by atoms with Gasteiger partial charge < -0.3 is 15.5 Å². The highest BCUT2D eigenvalue weighted by molar-refractivity contribution is 5.98.